The van der Waals surface area contributed by atoms with Crippen LogP contribution in [0.5, 0.6) is 0 Å². The van der Waals surface area contributed by atoms with Gasteiger partial charge in [0.25, 0.3) is 0 Å². The van der Waals surface area contributed by atoms with E-state index in [4.69, 9.17) is 5.73 Å². The number of aromatic nitrogens is 1. The molecule has 5 heteroatoms. The Morgan fingerprint density at radius 2 is 1.78 bits per heavy atom. The fourth-order valence-corrected chi connectivity index (χ4v) is 2.06. The van der Waals surface area contributed by atoms with Gasteiger partial charge in [0.15, 0.2) is 0 Å². The van der Waals surface area contributed by atoms with Crippen molar-refractivity contribution in [2.24, 2.45) is 5.73 Å². The minimum atomic E-state index is -0.422. The van der Waals surface area contributed by atoms with Crippen LogP contribution in [0.4, 0.5) is 0 Å². The van der Waals surface area contributed by atoms with Crippen LogP contribution in [-0.2, 0) is 16.1 Å². The number of amides is 2. The maximum Gasteiger partial charge on any atom is 0.246 e. The molecule has 2 aromatic rings. The van der Waals surface area contributed by atoms with Crippen molar-refractivity contribution >= 4 is 17.9 Å². The van der Waals surface area contributed by atoms with Crippen molar-refractivity contribution in [2.75, 3.05) is 6.54 Å². The molecule has 23 heavy (non-hydrogen) atoms. The summed E-state index contributed by atoms with van der Waals surface area (Å²) in [6, 6.07) is 13.3. The molecule has 2 amide bonds. The minimum absolute atomic E-state index is 0.141. The van der Waals surface area contributed by atoms with E-state index >= 15 is 0 Å². The number of nitrogens with two attached hydrogens (primary N) is 1. The molecule has 0 saturated carbocycles. The standard InChI is InChI=1S/C18H19N3O2/c19-17(22)10-13-21(14-16-4-2-1-3-5-16)18(23)7-6-15-8-11-20-12-9-15/h1-9,11-12H,10,13-14H2,(H2,19,22). The van der Waals surface area contributed by atoms with Crippen LogP contribution in [0, 0.1) is 0 Å². The number of rotatable bonds is 7. The Balaban J connectivity index is 2.07. The highest BCUT2D eigenvalue weighted by atomic mass is 16.2. The lowest BCUT2D eigenvalue weighted by Crippen LogP contribution is -2.32. The van der Waals surface area contributed by atoms with Crippen LogP contribution in [0.3, 0.4) is 0 Å². The van der Waals surface area contributed by atoms with Gasteiger partial charge in [-0.3, -0.25) is 14.6 Å². The molecule has 0 radical (unpaired) electrons. The molecular formula is C18H19N3O2. The smallest absolute Gasteiger partial charge is 0.246 e. The Hall–Kier alpha value is -2.95. The van der Waals surface area contributed by atoms with Gasteiger partial charge in [0, 0.05) is 38.0 Å². The van der Waals surface area contributed by atoms with Gasteiger partial charge in [-0.25, -0.2) is 0 Å². The number of nitrogens with zero attached hydrogens (tertiary/aromatic N) is 2. The van der Waals surface area contributed by atoms with Crippen LogP contribution in [0.25, 0.3) is 6.08 Å². The SMILES string of the molecule is NC(=O)CCN(Cc1ccccc1)C(=O)C=Cc1ccncc1. The van der Waals surface area contributed by atoms with Crippen LogP contribution in [0.2, 0.25) is 0 Å². The molecule has 1 aromatic heterocycles. The largest absolute Gasteiger partial charge is 0.370 e. The van der Waals surface area contributed by atoms with Crippen LogP contribution < -0.4 is 5.73 Å². The van der Waals surface area contributed by atoms with Crippen LogP contribution in [-0.4, -0.2) is 28.2 Å². The molecular weight excluding hydrogens is 290 g/mol. The summed E-state index contributed by atoms with van der Waals surface area (Å²) in [4.78, 5) is 29.0. The predicted molar refractivity (Wildman–Crippen MR) is 88.9 cm³/mol. The fourth-order valence-electron chi connectivity index (χ4n) is 2.06. The number of carbonyl (C=O) groups is 2. The quantitative estimate of drug-likeness (QED) is 0.795. The third kappa shape index (κ3) is 5.74. The highest BCUT2D eigenvalue weighted by molar-refractivity contribution is 5.92. The van der Waals surface area contributed by atoms with E-state index in [9.17, 15) is 9.59 Å². The average Bonchev–Trinajstić information content (AvgIpc) is 2.58. The van der Waals surface area contributed by atoms with Gasteiger partial charge < -0.3 is 10.6 Å². The average molecular weight is 309 g/mol. The molecule has 2 N–H and O–H groups in total. The van der Waals surface area contributed by atoms with Crippen molar-refractivity contribution in [1.82, 2.24) is 9.88 Å². The number of primary amides is 1. The summed E-state index contributed by atoms with van der Waals surface area (Å²) >= 11 is 0. The topological polar surface area (TPSA) is 76.3 Å². The number of hydrogen-bond donors (Lipinski definition) is 1. The fraction of sp³-hybridized carbons (Fsp3) is 0.167. The van der Waals surface area contributed by atoms with E-state index in [0.717, 1.165) is 11.1 Å². The van der Waals surface area contributed by atoms with Gasteiger partial charge in [0.1, 0.15) is 0 Å². The van der Waals surface area contributed by atoms with E-state index in [1.807, 2.05) is 42.5 Å². The van der Waals surface area contributed by atoms with E-state index in [1.54, 1.807) is 23.4 Å². The minimum Gasteiger partial charge on any atom is -0.370 e. The van der Waals surface area contributed by atoms with Gasteiger partial charge in [-0.05, 0) is 29.3 Å². The second-order valence-corrected chi connectivity index (χ2v) is 5.08. The van der Waals surface area contributed by atoms with Crippen LogP contribution >= 0.6 is 0 Å². The molecule has 0 atom stereocenters. The first-order valence-corrected chi connectivity index (χ1v) is 7.34. The number of carbonyl (C=O) groups excluding carboxylic acids is 2. The van der Waals surface area contributed by atoms with Crippen molar-refractivity contribution in [3.05, 3.63) is 72.1 Å². The van der Waals surface area contributed by atoms with Gasteiger partial charge >= 0.3 is 0 Å². The Morgan fingerprint density at radius 3 is 2.43 bits per heavy atom. The van der Waals surface area contributed by atoms with Crippen LogP contribution in [0.15, 0.2) is 60.9 Å². The summed E-state index contributed by atoms with van der Waals surface area (Å²) in [7, 11) is 0. The van der Waals surface area contributed by atoms with E-state index in [1.165, 1.54) is 6.08 Å². The summed E-state index contributed by atoms with van der Waals surface area (Å²) in [5, 5.41) is 0. The van der Waals surface area contributed by atoms with Gasteiger partial charge in [0.2, 0.25) is 11.8 Å². The molecule has 0 aliphatic carbocycles. The molecule has 118 valence electrons. The maximum atomic E-state index is 12.4. The highest BCUT2D eigenvalue weighted by Crippen LogP contribution is 2.07. The Kier molecular flexibility index (Phi) is 6.06. The predicted octanol–water partition coefficient (Wildman–Crippen LogP) is 2.00. The number of hydrogen-bond acceptors (Lipinski definition) is 3. The number of pyridine rings is 1. The third-order valence-electron chi connectivity index (χ3n) is 3.28. The second kappa shape index (κ2) is 8.48. The third-order valence-corrected chi connectivity index (χ3v) is 3.28. The zero-order chi connectivity index (χ0) is 16.5. The zero-order valence-corrected chi connectivity index (χ0v) is 12.8. The molecule has 1 heterocycles. The van der Waals surface area contributed by atoms with E-state index in [0.29, 0.717) is 13.1 Å². The molecule has 0 bridgehead atoms. The van der Waals surface area contributed by atoms with E-state index in [2.05, 4.69) is 4.98 Å². The lowest BCUT2D eigenvalue weighted by atomic mass is 10.2. The Bertz CT molecular complexity index is 669. The molecule has 1 aromatic carbocycles. The van der Waals surface area contributed by atoms with Crippen molar-refractivity contribution in [3.8, 4) is 0 Å². The van der Waals surface area contributed by atoms with Gasteiger partial charge in [-0.1, -0.05) is 30.3 Å². The zero-order valence-electron chi connectivity index (χ0n) is 12.8. The van der Waals surface area contributed by atoms with Crippen molar-refractivity contribution in [2.45, 2.75) is 13.0 Å². The summed E-state index contributed by atoms with van der Waals surface area (Å²) in [5.74, 6) is -0.583. The van der Waals surface area contributed by atoms with E-state index < -0.39 is 5.91 Å². The summed E-state index contributed by atoms with van der Waals surface area (Å²) in [5.41, 5.74) is 7.09. The first-order chi connectivity index (χ1) is 11.1. The molecule has 2 rings (SSSR count). The first kappa shape index (κ1) is 16.4. The van der Waals surface area contributed by atoms with Crippen molar-refractivity contribution in [1.29, 1.82) is 0 Å². The second-order valence-electron chi connectivity index (χ2n) is 5.08. The maximum absolute atomic E-state index is 12.4. The Morgan fingerprint density at radius 1 is 1.09 bits per heavy atom. The molecule has 0 unspecified atom stereocenters. The monoisotopic (exact) mass is 309 g/mol. The molecule has 0 aliphatic rings. The number of benzene rings is 1. The molecule has 0 spiro atoms. The lowest BCUT2D eigenvalue weighted by Gasteiger charge is -2.20. The van der Waals surface area contributed by atoms with Crippen molar-refractivity contribution < 1.29 is 9.59 Å². The van der Waals surface area contributed by atoms with Gasteiger partial charge in [-0.15, -0.1) is 0 Å². The van der Waals surface area contributed by atoms with E-state index in [-0.39, 0.29) is 12.3 Å². The lowest BCUT2D eigenvalue weighted by molar-refractivity contribution is -0.127. The van der Waals surface area contributed by atoms with Crippen molar-refractivity contribution in [3.63, 3.8) is 0 Å². The Labute approximate surface area is 135 Å². The molecule has 5 nitrogen and oxygen atoms in total. The van der Waals surface area contributed by atoms with Gasteiger partial charge in [0.05, 0.1) is 0 Å². The van der Waals surface area contributed by atoms with Crippen LogP contribution in [0.1, 0.15) is 17.5 Å². The first-order valence-electron chi connectivity index (χ1n) is 7.34. The summed E-state index contributed by atoms with van der Waals surface area (Å²) in [6.07, 6.45) is 6.70. The molecule has 0 saturated heterocycles. The highest BCUT2D eigenvalue weighted by Gasteiger charge is 2.12. The summed E-state index contributed by atoms with van der Waals surface area (Å²) < 4.78 is 0. The molecule has 0 aliphatic heterocycles. The normalized spacial score (nSPS) is 10.6. The van der Waals surface area contributed by atoms with Gasteiger partial charge in [-0.2, -0.15) is 0 Å². The summed E-state index contributed by atoms with van der Waals surface area (Å²) in [6.45, 7) is 0.734. The molecule has 0 fully saturated rings.